The summed E-state index contributed by atoms with van der Waals surface area (Å²) in [5.74, 6) is 2.19. The lowest BCUT2D eigenvalue weighted by molar-refractivity contribution is 0.0195. The number of amides is 1. The predicted molar refractivity (Wildman–Crippen MR) is 183 cm³/mol. The number of methoxy groups -OCH3 is 2. The van der Waals surface area contributed by atoms with Crippen molar-refractivity contribution in [3.05, 3.63) is 66.2 Å². The first-order valence-electron chi connectivity index (χ1n) is 16.6. The molecule has 1 fully saturated rings. The van der Waals surface area contributed by atoms with E-state index in [0.29, 0.717) is 18.8 Å². The van der Waals surface area contributed by atoms with Crippen LogP contribution in [0.2, 0.25) is 0 Å². The molecule has 2 aromatic carbocycles. The van der Waals surface area contributed by atoms with E-state index < -0.39 is 6.09 Å². The summed E-state index contributed by atoms with van der Waals surface area (Å²) in [5.41, 5.74) is 1.15. The molecule has 1 heterocycles. The molecule has 2 aromatic rings. The molecule has 2 aliphatic rings. The molecule has 1 aliphatic heterocycles. The number of allylic oxidation sites excluding steroid dienone is 1. The van der Waals surface area contributed by atoms with Gasteiger partial charge in [-0.2, -0.15) is 0 Å². The first-order chi connectivity index (χ1) is 22.4. The first kappa shape index (κ1) is 36.1. The molecule has 2 bridgehead atoms. The molecule has 46 heavy (non-hydrogen) atoms. The molecule has 254 valence electrons. The third-order valence-corrected chi connectivity index (χ3v) is 10.2. The van der Waals surface area contributed by atoms with E-state index in [2.05, 4.69) is 52.2 Å². The third kappa shape index (κ3) is 11.5. The van der Waals surface area contributed by atoms with E-state index in [4.69, 9.17) is 18.9 Å². The van der Waals surface area contributed by atoms with Crippen LogP contribution in [0.15, 0.2) is 65.6 Å². The number of hydrogen-bond acceptors (Lipinski definition) is 9. The Labute approximate surface area is 279 Å². The van der Waals surface area contributed by atoms with Crippen LogP contribution in [0, 0.1) is 17.8 Å². The summed E-state index contributed by atoms with van der Waals surface area (Å²) in [6, 6.07) is 16.1. The van der Waals surface area contributed by atoms with Crippen LogP contribution in [0.5, 0.6) is 11.5 Å². The number of carbonyl (C=O) groups excluding carboxylic acids is 1. The summed E-state index contributed by atoms with van der Waals surface area (Å²) in [5, 5.41) is 16.2. The van der Waals surface area contributed by atoms with E-state index in [-0.39, 0.29) is 43.3 Å². The van der Waals surface area contributed by atoms with Crippen LogP contribution >= 0.6 is 11.9 Å². The fourth-order valence-electron chi connectivity index (χ4n) is 6.08. The third-order valence-electron chi connectivity index (χ3n) is 9.05. The summed E-state index contributed by atoms with van der Waals surface area (Å²) >= 11 is 1.70. The standard InChI is InChI=1S/C36H53N3O6S/c1-26(33(22-28-9-6-5-7-10-28)38-36(41)44-25-30(16-20-40)27(2)42-3)24-39-19-18-37-17-8-11-29-12-13-32(21-29)45-34-23-31(43-4)14-15-35(34)46-39/h5-11,14-15,23,26-27,29-30,32-33,37,40H,12-13,16-22,24-25H2,1-4H3,(H,38,41). The van der Waals surface area contributed by atoms with Crippen molar-refractivity contribution in [2.45, 2.75) is 69.1 Å². The van der Waals surface area contributed by atoms with Gasteiger partial charge in [-0.15, -0.1) is 0 Å². The van der Waals surface area contributed by atoms with Crippen molar-refractivity contribution in [3.8, 4) is 11.5 Å². The maximum atomic E-state index is 13.2. The highest BCUT2D eigenvalue weighted by Gasteiger charge is 2.28. The second-order valence-corrected chi connectivity index (χ2v) is 13.6. The van der Waals surface area contributed by atoms with Gasteiger partial charge in [-0.25, -0.2) is 9.10 Å². The van der Waals surface area contributed by atoms with E-state index in [1.54, 1.807) is 26.2 Å². The zero-order valence-corrected chi connectivity index (χ0v) is 28.7. The Morgan fingerprint density at radius 1 is 1.17 bits per heavy atom. The van der Waals surface area contributed by atoms with Crippen LogP contribution in [0.4, 0.5) is 4.79 Å². The minimum atomic E-state index is -0.457. The van der Waals surface area contributed by atoms with E-state index in [9.17, 15) is 9.90 Å². The van der Waals surface area contributed by atoms with Crippen LogP contribution < -0.4 is 20.1 Å². The second-order valence-electron chi connectivity index (χ2n) is 12.5. The molecular formula is C36H53N3O6S. The van der Waals surface area contributed by atoms with Crippen molar-refractivity contribution in [2.75, 3.05) is 53.6 Å². The Morgan fingerprint density at radius 3 is 2.76 bits per heavy atom. The molecule has 0 radical (unpaired) electrons. The molecule has 0 spiro atoms. The first-order valence-corrected chi connectivity index (χ1v) is 17.4. The maximum Gasteiger partial charge on any atom is 0.407 e. The fraction of sp³-hybridized carbons (Fsp3) is 0.583. The summed E-state index contributed by atoms with van der Waals surface area (Å²) in [7, 11) is 3.31. The summed E-state index contributed by atoms with van der Waals surface area (Å²) in [4.78, 5) is 14.2. The zero-order chi connectivity index (χ0) is 32.7. The lowest BCUT2D eigenvalue weighted by Gasteiger charge is -2.31. The quantitative estimate of drug-likeness (QED) is 0.185. The molecule has 4 rings (SSSR count). The molecule has 9 nitrogen and oxygen atoms in total. The van der Waals surface area contributed by atoms with Crippen molar-refractivity contribution in [2.24, 2.45) is 17.8 Å². The molecule has 0 saturated heterocycles. The summed E-state index contributed by atoms with van der Waals surface area (Å²) < 4.78 is 25.7. The van der Waals surface area contributed by atoms with Crippen LogP contribution in [0.3, 0.4) is 0 Å². The number of alkyl carbamates (subject to hydrolysis) is 1. The van der Waals surface area contributed by atoms with E-state index in [1.165, 1.54) is 0 Å². The van der Waals surface area contributed by atoms with Gasteiger partial charge in [0.25, 0.3) is 0 Å². The fourth-order valence-corrected chi connectivity index (χ4v) is 7.18. The monoisotopic (exact) mass is 655 g/mol. The van der Waals surface area contributed by atoms with Crippen LogP contribution in [-0.2, 0) is 15.9 Å². The SMILES string of the molecule is COc1ccc2c(c1)OC1CCC(C=CCNCCN(CC(C)C(Cc3ccccc3)NC(=O)OCC(CCO)C(C)OC)S2)C1. The number of nitrogens with one attached hydrogen (secondary N) is 2. The molecule has 3 N–H and O–H groups in total. The number of benzene rings is 2. The van der Waals surface area contributed by atoms with E-state index in [0.717, 1.165) is 67.4 Å². The molecule has 6 unspecified atom stereocenters. The minimum absolute atomic E-state index is 0.0117. The van der Waals surface area contributed by atoms with Gasteiger partial charge in [0.15, 0.2) is 0 Å². The molecule has 1 aliphatic carbocycles. The Bertz CT molecular complexity index is 1220. The Hall–Kier alpha value is -2.76. The molecule has 10 heteroatoms. The largest absolute Gasteiger partial charge is 0.497 e. The van der Waals surface area contributed by atoms with Gasteiger partial charge in [0.2, 0.25) is 0 Å². The zero-order valence-electron chi connectivity index (χ0n) is 27.9. The minimum Gasteiger partial charge on any atom is -0.497 e. The topological polar surface area (TPSA) is 102 Å². The molecule has 1 amide bonds. The van der Waals surface area contributed by atoms with Gasteiger partial charge in [0.05, 0.1) is 30.8 Å². The normalized spacial score (nSPS) is 21.6. The number of aliphatic hydroxyl groups excluding tert-OH is 1. The number of hydrogen-bond donors (Lipinski definition) is 3. The lowest BCUT2D eigenvalue weighted by Crippen LogP contribution is -2.45. The van der Waals surface area contributed by atoms with Crippen LogP contribution in [0.25, 0.3) is 0 Å². The van der Waals surface area contributed by atoms with Crippen molar-refractivity contribution in [3.63, 3.8) is 0 Å². The van der Waals surface area contributed by atoms with Gasteiger partial charge in [0, 0.05) is 57.9 Å². The number of ether oxygens (including phenoxy) is 4. The summed E-state index contributed by atoms with van der Waals surface area (Å²) in [6.07, 6.45) is 8.55. The molecule has 1 saturated carbocycles. The smallest absolute Gasteiger partial charge is 0.407 e. The maximum absolute atomic E-state index is 13.2. The Balaban J connectivity index is 1.50. The van der Waals surface area contributed by atoms with Gasteiger partial charge in [-0.1, -0.05) is 49.4 Å². The Morgan fingerprint density at radius 2 is 2.00 bits per heavy atom. The van der Waals surface area contributed by atoms with Gasteiger partial charge >= 0.3 is 6.09 Å². The van der Waals surface area contributed by atoms with Crippen LogP contribution in [-0.4, -0.2) is 87.4 Å². The van der Waals surface area contributed by atoms with Gasteiger partial charge in [-0.3, -0.25) is 0 Å². The molecular weight excluding hydrogens is 602 g/mol. The van der Waals surface area contributed by atoms with Gasteiger partial charge in [0.1, 0.15) is 11.5 Å². The summed E-state index contributed by atoms with van der Waals surface area (Å²) in [6.45, 7) is 7.50. The number of aliphatic hydroxyl groups is 1. The van der Waals surface area contributed by atoms with Gasteiger partial charge in [-0.05, 0) is 80.5 Å². The van der Waals surface area contributed by atoms with Crippen molar-refractivity contribution in [1.82, 2.24) is 14.9 Å². The van der Waals surface area contributed by atoms with Crippen molar-refractivity contribution in [1.29, 1.82) is 0 Å². The average molecular weight is 656 g/mol. The number of rotatable bonds is 13. The highest BCUT2D eigenvalue weighted by atomic mass is 32.2. The van der Waals surface area contributed by atoms with Gasteiger partial charge < -0.3 is 34.7 Å². The average Bonchev–Trinajstić information content (AvgIpc) is 3.51. The lowest BCUT2D eigenvalue weighted by atomic mass is 9.95. The van der Waals surface area contributed by atoms with Crippen LogP contribution in [0.1, 0.15) is 45.1 Å². The molecule has 6 atom stereocenters. The molecule has 0 aromatic heterocycles. The predicted octanol–water partition coefficient (Wildman–Crippen LogP) is 5.72. The second kappa shape index (κ2) is 19.2. The number of nitrogens with zero attached hydrogens (tertiary/aromatic N) is 1. The van der Waals surface area contributed by atoms with E-state index in [1.807, 2.05) is 37.3 Å². The number of fused-ring (bicyclic) bond motifs is 3. The number of carbonyl (C=O) groups is 1. The van der Waals surface area contributed by atoms with Crippen molar-refractivity contribution < 1.29 is 28.8 Å². The Kier molecular flexibility index (Phi) is 15.0. The highest BCUT2D eigenvalue weighted by Crippen LogP contribution is 2.39. The highest BCUT2D eigenvalue weighted by molar-refractivity contribution is 7.97. The van der Waals surface area contributed by atoms with Crippen molar-refractivity contribution >= 4 is 18.0 Å². The van der Waals surface area contributed by atoms with E-state index >= 15 is 0 Å².